The lowest BCUT2D eigenvalue weighted by Gasteiger charge is -2.21. The fraction of sp³-hybridized carbons (Fsp3) is 0.500. The predicted molar refractivity (Wildman–Crippen MR) is 95.9 cm³/mol. The molecule has 0 aromatic carbocycles. The van der Waals surface area contributed by atoms with Gasteiger partial charge in [-0.05, 0) is 19.4 Å². The number of rotatable bonds is 4. The Kier molecular flexibility index (Phi) is 5.77. The van der Waals surface area contributed by atoms with Gasteiger partial charge in [-0.25, -0.2) is 9.78 Å². The topological polar surface area (TPSA) is 83.5 Å². The van der Waals surface area contributed by atoms with E-state index in [1.165, 1.54) is 7.11 Å². The maximum Gasteiger partial charge on any atom is 0.323 e. The molecule has 0 atom stereocenters. The van der Waals surface area contributed by atoms with Crippen LogP contribution in [0.1, 0.15) is 17.1 Å². The third-order valence-corrected chi connectivity index (χ3v) is 4.83. The van der Waals surface area contributed by atoms with E-state index in [0.717, 1.165) is 43.3 Å². The number of methoxy groups -OCH3 is 1. The van der Waals surface area contributed by atoms with Crippen LogP contribution in [0, 0.1) is 6.92 Å². The second-order valence-electron chi connectivity index (χ2n) is 5.87. The van der Waals surface area contributed by atoms with Crippen LogP contribution in [-0.4, -0.2) is 64.3 Å². The van der Waals surface area contributed by atoms with Crippen molar-refractivity contribution in [3.8, 4) is 5.88 Å². The van der Waals surface area contributed by atoms with Gasteiger partial charge in [-0.15, -0.1) is 21.5 Å². The van der Waals surface area contributed by atoms with Gasteiger partial charge >= 0.3 is 6.03 Å². The minimum absolute atomic E-state index is 0.147. The lowest BCUT2D eigenvalue weighted by molar-refractivity contribution is 0.210. The molecular weight excluding hydrogens is 340 g/mol. The molecule has 3 heterocycles. The molecule has 0 aliphatic carbocycles. The number of anilines is 1. The van der Waals surface area contributed by atoms with Crippen molar-refractivity contribution in [2.24, 2.45) is 0 Å². The summed E-state index contributed by atoms with van der Waals surface area (Å²) in [5.41, 5.74) is 1.11. The SMILES string of the molecule is COc1ccc(NC(=O)N2CCCN(Cc3csc(C)n3)CC2)nn1. The highest BCUT2D eigenvalue weighted by atomic mass is 32.1. The van der Waals surface area contributed by atoms with E-state index in [1.54, 1.807) is 23.5 Å². The van der Waals surface area contributed by atoms with Gasteiger partial charge in [-0.2, -0.15) is 0 Å². The number of hydrogen-bond acceptors (Lipinski definition) is 7. The number of aromatic nitrogens is 3. The molecule has 2 amide bonds. The zero-order valence-electron chi connectivity index (χ0n) is 14.4. The first-order valence-electron chi connectivity index (χ1n) is 8.21. The highest BCUT2D eigenvalue weighted by Gasteiger charge is 2.20. The first-order chi connectivity index (χ1) is 12.1. The molecule has 1 N–H and O–H groups in total. The lowest BCUT2D eigenvalue weighted by atomic mass is 10.3. The molecule has 134 valence electrons. The molecule has 0 spiro atoms. The Balaban J connectivity index is 1.52. The molecule has 2 aromatic rings. The molecule has 25 heavy (non-hydrogen) atoms. The zero-order valence-corrected chi connectivity index (χ0v) is 15.3. The predicted octanol–water partition coefficient (Wildman–Crippen LogP) is 1.99. The number of aryl methyl sites for hydroxylation is 1. The minimum atomic E-state index is -0.147. The Hall–Kier alpha value is -2.26. The summed E-state index contributed by atoms with van der Waals surface area (Å²) >= 11 is 1.67. The highest BCUT2D eigenvalue weighted by molar-refractivity contribution is 7.09. The molecule has 1 fully saturated rings. The molecule has 0 saturated carbocycles. The summed E-state index contributed by atoms with van der Waals surface area (Å²) in [5.74, 6) is 0.838. The molecule has 1 saturated heterocycles. The molecule has 0 bridgehead atoms. The van der Waals surface area contributed by atoms with Crippen LogP contribution >= 0.6 is 11.3 Å². The van der Waals surface area contributed by atoms with E-state index < -0.39 is 0 Å². The van der Waals surface area contributed by atoms with E-state index in [0.29, 0.717) is 18.2 Å². The summed E-state index contributed by atoms with van der Waals surface area (Å²) in [6, 6.07) is 3.20. The van der Waals surface area contributed by atoms with Gasteiger partial charge in [-0.1, -0.05) is 0 Å². The van der Waals surface area contributed by atoms with Gasteiger partial charge in [-0.3, -0.25) is 10.2 Å². The molecule has 0 radical (unpaired) electrons. The van der Waals surface area contributed by atoms with Gasteiger partial charge in [0.25, 0.3) is 0 Å². The first-order valence-corrected chi connectivity index (χ1v) is 9.09. The van der Waals surface area contributed by atoms with Gasteiger partial charge in [0.15, 0.2) is 5.82 Å². The number of nitrogens with zero attached hydrogens (tertiary/aromatic N) is 5. The first kappa shape index (κ1) is 17.6. The van der Waals surface area contributed by atoms with Crippen molar-refractivity contribution in [3.05, 3.63) is 28.2 Å². The molecule has 2 aromatic heterocycles. The Morgan fingerprint density at radius 1 is 1.28 bits per heavy atom. The molecule has 0 unspecified atom stereocenters. The van der Waals surface area contributed by atoms with Crippen LogP contribution < -0.4 is 10.1 Å². The quantitative estimate of drug-likeness (QED) is 0.895. The van der Waals surface area contributed by atoms with Gasteiger partial charge in [0.2, 0.25) is 5.88 Å². The van der Waals surface area contributed by atoms with Gasteiger partial charge < -0.3 is 9.64 Å². The third kappa shape index (κ3) is 4.86. The number of carbonyl (C=O) groups is 1. The monoisotopic (exact) mass is 362 g/mol. The van der Waals surface area contributed by atoms with Crippen molar-refractivity contribution in [1.29, 1.82) is 0 Å². The fourth-order valence-corrected chi connectivity index (χ4v) is 3.33. The van der Waals surface area contributed by atoms with Gasteiger partial charge in [0, 0.05) is 44.2 Å². The van der Waals surface area contributed by atoms with Crippen molar-refractivity contribution in [2.45, 2.75) is 19.9 Å². The Bertz CT molecular complexity index is 705. The largest absolute Gasteiger partial charge is 0.480 e. The second-order valence-corrected chi connectivity index (χ2v) is 6.93. The lowest BCUT2D eigenvalue weighted by Crippen LogP contribution is -2.38. The van der Waals surface area contributed by atoms with E-state index in [-0.39, 0.29) is 6.03 Å². The second kappa shape index (κ2) is 8.21. The number of hydrogen-bond donors (Lipinski definition) is 1. The standard InChI is InChI=1S/C16H22N6O2S/c1-12-17-13(11-25-12)10-21-6-3-7-22(9-8-21)16(23)18-14-4-5-15(24-2)20-19-14/h4-5,11H,3,6-10H2,1-2H3,(H,18,19,23). The Morgan fingerprint density at radius 3 is 2.84 bits per heavy atom. The van der Waals surface area contributed by atoms with Crippen molar-refractivity contribution in [1.82, 2.24) is 25.0 Å². The van der Waals surface area contributed by atoms with Crippen molar-refractivity contribution in [2.75, 3.05) is 38.6 Å². The summed E-state index contributed by atoms with van der Waals surface area (Å²) in [6.07, 6.45) is 0.935. The fourth-order valence-electron chi connectivity index (χ4n) is 2.73. The molecule has 1 aliphatic rings. The summed E-state index contributed by atoms with van der Waals surface area (Å²) in [4.78, 5) is 21.1. The van der Waals surface area contributed by atoms with Crippen molar-refractivity contribution in [3.63, 3.8) is 0 Å². The Labute approximate surface area is 150 Å². The van der Waals surface area contributed by atoms with Crippen molar-refractivity contribution < 1.29 is 9.53 Å². The normalized spacial score (nSPS) is 15.7. The van der Waals surface area contributed by atoms with E-state index in [1.807, 2.05) is 11.8 Å². The summed E-state index contributed by atoms with van der Waals surface area (Å²) in [5, 5.41) is 13.8. The smallest absolute Gasteiger partial charge is 0.323 e. The molecule has 3 rings (SSSR count). The zero-order chi connectivity index (χ0) is 17.6. The van der Waals surface area contributed by atoms with E-state index in [2.05, 4.69) is 30.8 Å². The van der Waals surface area contributed by atoms with E-state index >= 15 is 0 Å². The summed E-state index contributed by atoms with van der Waals surface area (Å²) in [7, 11) is 1.53. The number of thiazole rings is 1. The van der Waals surface area contributed by atoms with Crippen LogP contribution in [0.4, 0.5) is 10.6 Å². The van der Waals surface area contributed by atoms with Crippen LogP contribution in [0.2, 0.25) is 0 Å². The average molecular weight is 362 g/mol. The molecular formula is C16H22N6O2S. The third-order valence-electron chi connectivity index (χ3n) is 4.01. The Morgan fingerprint density at radius 2 is 2.16 bits per heavy atom. The van der Waals surface area contributed by atoms with E-state index in [4.69, 9.17) is 4.74 Å². The summed E-state index contributed by atoms with van der Waals surface area (Å²) < 4.78 is 4.96. The van der Waals surface area contributed by atoms with Crippen LogP contribution in [0.5, 0.6) is 5.88 Å². The number of nitrogens with one attached hydrogen (secondary N) is 1. The maximum atomic E-state index is 12.4. The highest BCUT2D eigenvalue weighted by Crippen LogP contribution is 2.13. The van der Waals surface area contributed by atoms with Crippen LogP contribution in [0.25, 0.3) is 0 Å². The number of urea groups is 1. The minimum Gasteiger partial charge on any atom is -0.480 e. The maximum absolute atomic E-state index is 12.4. The average Bonchev–Trinajstić information content (AvgIpc) is 2.88. The molecule has 1 aliphatic heterocycles. The number of ether oxygens (including phenoxy) is 1. The molecule has 9 heteroatoms. The van der Waals surface area contributed by atoms with Crippen LogP contribution in [0.3, 0.4) is 0 Å². The number of carbonyl (C=O) groups excluding carboxylic acids is 1. The van der Waals surface area contributed by atoms with Crippen LogP contribution in [0.15, 0.2) is 17.5 Å². The van der Waals surface area contributed by atoms with Crippen molar-refractivity contribution >= 4 is 23.2 Å². The van der Waals surface area contributed by atoms with E-state index in [9.17, 15) is 4.79 Å². The van der Waals surface area contributed by atoms with Gasteiger partial charge in [0.05, 0.1) is 17.8 Å². The van der Waals surface area contributed by atoms with Gasteiger partial charge in [0.1, 0.15) is 0 Å². The van der Waals surface area contributed by atoms with Crippen LogP contribution in [-0.2, 0) is 6.54 Å². The number of amides is 2. The summed E-state index contributed by atoms with van der Waals surface area (Å²) in [6.45, 7) is 6.05. The molecule has 8 nitrogen and oxygen atoms in total.